The average molecular weight is 165 g/mol. The van der Waals surface area contributed by atoms with Gasteiger partial charge in [-0.05, 0) is 0 Å². The third-order valence-corrected chi connectivity index (χ3v) is 1.75. The lowest BCUT2D eigenvalue weighted by Crippen LogP contribution is -2.40. The molecular weight excluding hydrogens is 158 g/mol. The molecule has 0 bridgehead atoms. The first kappa shape index (κ1) is 7.02. The molecule has 2 heterocycles. The summed E-state index contributed by atoms with van der Waals surface area (Å²) in [7, 11) is 1.64. The van der Waals surface area contributed by atoms with Crippen molar-refractivity contribution in [1.29, 1.82) is 0 Å². The van der Waals surface area contributed by atoms with E-state index in [2.05, 4.69) is 4.99 Å². The lowest BCUT2D eigenvalue weighted by molar-refractivity contribution is -0.672. The maximum atomic E-state index is 11.1. The third kappa shape index (κ3) is 0.903. The van der Waals surface area contributed by atoms with Crippen molar-refractivity contribution in [3.8, 4) is 0 Å². The largest absolute Gasteiger partial charge is 0.847 e. The van der Waals surface area contributed by atoms with Crippen molar-refractivity contribution in [3.63, 3.8) is 0 Å². The first-order valence-electron chi connectivity index (χ1n) is 3.51. The fourth-order valence-corrected chi connectivity index (χ4v) is 1.15. The van der Waals surface area contributed by atoms with Crippen LogP contribution < -0.4 is 15.2 Å². The van der Waals surface area contributed by atoms with E-state index in [4.69, 9.17) is 0 Å². The fourth-order valence-electron chi connectivity index (χ4n) is 1.15. The van der Waals surface area contributed by atoms with Crippen molar-refractivity contribution >= 4 is 11.7 Å². The predicted octanol–water partition coefficient (Wildman–Crippen LogP) is -1.92. The average Bonchev–Trinajstić information content (AvgIpc) is 2.30. The molecule has 0 unspecified atom stereocenters. The van der Waals surface area contributed by atoms with Gasteiger partial charge in [0.25, 0.3) is 5.82 Å². The Bertz CT molecular complexity index is 419. The van der Waals surface area contributed by atoms with Crippen LogP contribution in [0.4, 0.5) is 5.82 Å². The SMILES string of the molecule is Cn1c[n+]2c(cc1=O)N=C([O-])C2. The zero-order valence-corrected chi connectivity index (χ0v) is 6.52. The van der Waals surface area contributed by atoms with Crippen molar-refractivity contribution < 1.29 is 9.67 Å². The lowest BCUT2D eigenvalue weighted by atomic mass is 10.5. The van der Waals surface area contributed by atoms with Crippen LogP contribution in [-0.4, -0.2) is 10.5 Å². The Morgan fingerprint density at radius 3 is 3.25 bits per heavy atom. The van der Waals surface area contributed by atoms with Gasteiger partial charge in [-0.3, -0.25) is 4.79 Å². The zero-order chi connectivity index (χ0) is 8.72. The second-order valence-electron chi connectivity index (χ2n) is 2.70. The van der Waals surface area contributed by atoms with E-state index in [0.717, 1.165) is 0 Å². The number of hydrogen-bond donors (Lipinski definition) is 0. The number of fused-ring (bicyclic) bond motifs is 1. The summed E-state index contributed by atoms with van der Waals surface area (Å²) >= 11 is 0. The molecule has 0 amide bonds. The van der Waals surface area contributed by atoms with Gasteiger partial charge in [-0.1, -0.05) is 0 Å². The Morgan fingerprint density at radius 1 is 1.75 bits per heavy atom. The Kier molecular flexibility index (Phi) is 1.27. The maximum Gasteiger partial charge on any atom is 0.312 e. The molecule has 1 aliphatic rings. The van der Waals surface area contributed by atoms with Gasteiger partial charge < -0.3 is 5.11 Å². The summed E-state index contributed by atoms with van der Waals surface area (Å²) in [5, 5.41) is 10.8. The molecule has 0 aliphatic carbocycles. The van der Waals surface area contributed by atoms with Crippen LogP contribution in [0.25, 0.3) is 0 Å². The predicted molar refractivity (Wildman–Crippen MR) is 39.0 cm³/mol. The van der Waals surface area contributed by atoms with Gasteiger partial charge in [0.1, 0.15) is 6.54 Å². The minimum Gasteiger partial charge on any atom is -0.847 e. The van der Waals surface area contributed by atoms with Crippen LogP contribution in [0.3, 0.4) is 0 Å². The number of hydrogen-bond acceptors (Lipinski definition) is 3. The molecule has 0 saturated carbocycles. The maximum absolute atomic E-state index is 11.1. The smallest absolute Gasteiger partial charge is 0.312 e. The molecule has 5 nitrogen and oxygen atoms in total. The first-order chi connectivity index (χ1) is 5.66. The zero-order valence-electron chi connectivity index (χ0n) is 6.52. The number of aromatic nitrogens is 2. The van der Waals surface area contributed by atoms with Crippen LogP contribution in [0, 0.1) is 0 Å². The molecule has 0 atom stereocenters. The summed E-state index contributed by atoms with van der Waals surface area (Å²) in [4.78, 5) is 14.7. The van der Waals surface area contributed by atoms with Crippen LogP contribution in [0.5, 0.6) is 0 Å². The highest BCUT2D eigenvalue weighted by Gasteiger charge is 2.15. The number of aryl methyl sites for hydroxylation is 1. The molecule has 1 aromatic heterocycles. The molecule has 1 aliphatic heterocycles. The van der Waals surface area contributed by atoms with E-state index in [1.54, 1.807) is 17.9 Å². The second kappa shape index (κ2) is 2.17. The molecule has 1 aromatic rings. The Morgan fingerprint density at radius 2 is 2.50 bits per heavy atom. The van der Waals surface area contributed by atoms with E-state index in [-0.39, 0.29) is 18.0 Å². The second-order valence-corrected chi connectivity index (χ2v) is 2.70. The molecule has 0 N–H and O–H groups in total. The summed E-state index contributed by atoms with van der Waals surface area (Å²) in [5.41, 5.74) is -0.153. The quantitative estimate of drug-likeness (QED) is 0.420. The van der Waals surface area contributed by atoms with Gasteiger partial charge in [-0.25, -0.2) is 9.13 Å². The third-order valence-electron chi connectivity index (χ3n) is 1.75. The molecular formula is C7H7N3O2. The van der Waals surface area contributed by atoms with Crippen molar-refractivity contribution in [1.82, 2.24) is 4.57 Å². The standard InChI is InChI=1S/C7H7N3O2/c1-9-4-10-3-6(11)8-5(10)2-7(9)12/h2,4H,3H2,1H3. The van der Waals surface area contributed by atoms with Crippen molar-refractivity contribution in [2.24, 2.45) is 12.0 Å². The highest BCUT2D eigenvalue weighted by Crippen LogP contribution is 2.04. The van der Waals surface area contributed by atoms with Crippen molar-refractivity contribution in [2.75, 3.05) is 0 Å². The number of nitrogens with zero attached hydrogens (tertiary/aromatic N) is 3. The Balaban J connectivity index is 2.65. The highest BCUT2D eigenvalue weighted by molar-refractivity contribution is 5.74. The van der Waals surface area contributed by atoms with E-state index in [1.807, 2.05) is 0 Å². The summed E-state index contributed by atoms with van der Waals surface area (Å²) in [6.45, 7) is 0.240. The minimum atomic E-state index is -0.208. The van der Waals surface area contributed by atoms with Crippen molar-refractivity contribution in [3.05, 3.63) is 22.7 Å². The van der Waals surface area contributed by atoms with Gasteiger partial charge in [0, 0.05) is 0 Å². The van der Waals surface area contributed by atoms with Gasteiger partial charge in [0.15, 0.2) is 6.33 Å². The fraction of sp³-hybridized carbons (Fsp3) is 0.286. The molecule has 62 valence electrons. The van der Waals surface area contributed by atoms with Crippen LogP contribution in [-0.2, 0) is 13.6 Å². The molecule has 0 spiro atoms. The molecule has 0 aromatic carbocycles. The van der Waals surface area contributed by atoms with Crippen LogP contribution >= 0.6 is 0 Å². The van der Waals surface area contributed by atoms with E-state index in [1.165, 1.54) is 10.6 Å². The monoisotopic (exact) mass is 165 g/mol. The minimum absolute atomic E-state index is 0.153. The normalized spacial score (nSPS) is 14.2. The van der Waals surface area contributed by atoms with E-state index in [9.17, 15) is 9.90 Å². The molecule has 0 saturated heterocycles. The Labute approximate surface area is 68.2 Å². The number of aliphatic imine (C=N–C) groups is 1. The van der Waals surface area contributed by atoms with Gasteiger partial charge in [0.2, 0.25) is 0 Å². The highest BCUT2D eigenvalue weighted by atomic mass is 16.3. The molecule has 0 radical (unpaired) electrons. The molecule has 12 heavy (non-hydrogen) atoms. The van der Waals surface area contributed by atoms with E-state index in [0.29, 0.717) is 5.82 Å². The summed E-state index contributed by atoms with van der Waals surface area (Å²) in [6.07, 6.45) is 1.58. The van der Waals surface area contributed by atoms with Crippen LogP contribution in [0.2, 0.25) is 0 Å². The van der Waals surface area contributed by atoms with Crippen LogP contribution in [0.1, 0.15) is 0 Å². The first-order valence-corrected chi connectivity index (χ1v) is 3.51. The topological polar surface area (TPSA) is 61.3 Å². The molecule has 2 rings (SSSR count). The number of rotatable bonds is 0. The van der Waals surface area contributed by atoms with E-state index < -0.39 is 0 Å². The Hall–Kier alpha value is -1.65. The molecule has 0 fully saturated rings. The summed E-state index contributed by atoms with van der Waals surface area (Å²) < 4.78 is 3.06. The summed E-state index contributed by atoms with van der Waals surface area (Å²) in [5.74, 6) is 0.240. The van der Waals surface area contributed by atoms with Gasteiger partial charge in [-0.15, -0.1) is 4.99 Å². The van der Waals surface area contributed by atoms with Gasteiger partial charge >= 0.3 is 5.56 Å². The van der Waals surface area contributed by atoms with Crippen LogP contribution in [0.15, 0.2) is 22.2 Å². The van der Waals surface area contributed by atoms with Crippen molar-refractivity contribution in [2.45, 2.75) is 6.54 Å². The van der Waals surface area contributed by atoms with E-state index >= 15 is 0 Å². The van der Waals surface area contributed by atoms with Gasteiger partial charge in [-0.2, -0.15) is 0 Å². The lowest BCUT2D eigenvalue weighted by Gasteiger charge is -1.97. The van der Waals surface area contributed by atoms with Gasteiger partial charge in [0.05, 0.1) is 19.0 Å². The molecule has 5 heteroatoms. The summed E-state index contributed by atoms with van der Waals surface area (Å²) in [6, 6.07) is 1.35.